The van der Waals surface area contributed by atoms with Crippen LogP contribution in [0.3, 0.4) is 0 Å². The molecule has 112 valence electrons. The summed E-state index contributed by atoms with van der Waals surface area (Å²) in [5, 5.41) is 3.44. The van der Waals surface area contributed by atoms with Crippen molar-refractivity contribution in [3.8, 4) is 6.01 Å². The third-order valence-electron chi connectivity index (χ3n) is 3.31. The Hall–Kier alpha value is -1.20. The predicted octanol–water partition coefficient (Wildman–Crippen LogP) is 2.23. The van der Waals surface area contributed by atoms with Gasteiger partial charge in [0.2, 0.25) is 0 Å². The molecule has 1 aromatic rings. The van der Waals surface area contributed by atoms with Gasteiger partial charge in [0.05, 0.1) is 13.2 Å². The van der Waals surface area contributed by atoms with Crippen molar-refractivity contribution in [1.29, 1.82) is 0 Å². The molecule has 0 unspecified atom stereocenters. The molecule has 1 aliphatic rings. The van der Waals surface area contributed by atoms with Crippen LogP contribution in [0.2, 0.25) is 0 Å². The maximum atomic E-state index is 5.81. The van der Waals surface area contributed by atoms with Crippen LogP contribution >= 0.6 is 0 Å². The summed E-state index contributed by atoms with van der Waals surface area (Å²) in [6, 6.07) is 0.480. The number of nitrogens with zero attached hydrogens (tertiary/aromatic N) is 2. The van der Waals surface area contributed by atoms with E-state index in [0.29, 0.717) is 6.01 Å². The first-order chi connectivity index (χ1) is 9.44. The fourth-order valence-corrected chi connectivity index (χ4v) is 2.00. The molecule has 2 rings (SSSR count). The fraction of sp³-hybridized carbons (Fsp3) is 0.733. The number of aryl methyl sites for hydroxylation is 1. The van der Waals surface area contributed by atoms with Crippen molar-refractivity contribution in [2.75, 3.05) is 13.2 Å². The van der Waals surface area contributed by atoms with E-state index >= 15 is 0 Å². The molecule has 0 atom stereocenters. The third kappa shape index (κ3) is 4.72. The number of aromatic nitrogens is 2. The number of hydrogen-bond donors (Lipinski definition) is 1. The van der Waals surface area contributed by atoms with Crippen molar-refractivity contribution < 1.29 is 9.47 Å². The molecule has 5 heteroatoms. The Kier molecular flexibility index (Phi) is 4.94. The summed E-state index contributed by atoms with van der Waals surface area (Å²) in [4.78, 5) is 8.77. The zero-order chi connectivity index (χ0) is 14.6. The van der Waals surface area contributed by atoms with E-state index in [0.717, 1.165) is 43.9 Å². The van der Waals surface area contributed by atoms with Crippen LogP contribution in [0.25, 0.3) is 0 Å². The van der Waals surface area contributed by atoms with Crippen molar-refractivity contribution in [1.82, 2.24) is 15.3 Å². The van der Waals surface area contributed by atoms with E-state index in [2.05, 4.69) is 36.1 Å². The van der Waals surface area contributed by atoms with Crippen molar-refractivity contribution in [3.05, 3.63) is 17.5 Å². The highest BCUT2D eigenvalue weighted by Gasteiger charge is 2.17. The maximum Gasteiger partial charge on any atom is 0.316 e. The molecule has 1 N–H and O–H groups in total. The third-order valence-corrected chi connectivity index (χ3v) is 3.31. The molecule has 20 heavy (non-hydrogen) atoms. The lowest BCUT2D eigenvalue weighted by atomic mass is 10.1. The Morgan fingerprint density at radius 3 is 2.65 bits per heavy atom. The van der Waals surface area contributed by atoms with E-state index in [1.54, 1.807) is 0 Å². The van der Waals surface area contributed by atoms with Gasteiger partial charge < -0.3 is 14.8 Å². The van der Waals surface area contributed by atoms with Gasteiger partial charge in [-0.15, -0.1) is 0 Å². The fourth-order valence-electron chi connectivity index (χ4n) is 2.00. The first-order valence-electron chi connectivity index (χ1n) is 7.26. The average Bonchev–Trinajstić information content (AvgIpc) is 2.38. The zero-order valence-corrected chi connectivity index (χ0v) is 12.9. The van der Waals surface area contributed by atoms with Crippen LogP contribution in [-0.4, -0.2) is 34.8 Å². The van der Waals surface area contributed by atoms with Crippen LogP contribution in [0.5, 0.6) is 6.01 Å². The summed E-state index contributed by atoms with van der Waals surface area (Å²) in [6.45, 7) is 10.7. The normalized spacial score (nSPS) is 17.2. The Morgan fingerprint density at radius 1 is 1.35 bits per heavy atom. The topological polar surface area (TPSA) is 56.3 Å². The van der Waals surface area contributed by atoms with E-state index < -0.39 is 0 Å². The van der Waals surface area contributed by atoms with Crippen molar-refractivity contribution in [2.24, 2.45) is 0 Å². The van der Waals surface area contributed by atoms with E-state index in [1.165, 1.54) is 0 Å². The van der Waals surface area contributed by atoms with E-state index in [1.807, 2.05) is 13.1 Å². The Balaban J connectivity index is 1.94. The molecule has 0 aromatic carbocycles. The lowest BCUT2D eigenvalue weighted by molar-refractivity contribution is 0.0216. The van der Waals surface area contributed by atoms with Crippen LogP contribution < -0.4 is 10.1 Å². The second-order valence-electron chi connectivity index (χ2n) is 6.30. The van der Waals surface area contributed by atoms with Crippen molar-refractivity contribution >= 4 is 0 Å². The standard InChI is InChI=1S/C15H25N3O2/c1-11-12(10-17-15(2,3)4)9-16-14(18-11)20-13-5-7-19-8-6-13/h9,13,17H,5-8,10H2,1-4H3. The first-order valence-corrected chi connectivity index (χ1v) is 7.26. The van der Waals surface area contributed by atoms with Gasteiger partial charge in [-0.2, -0.15) is 0 Å². The highest BCUT2D eigenvalue weighted by Crippen LogP contribution is 2.16. The molecule has 0 bridgehead atoms. The maximum absolute atomic E-state index is 5.81. The molecular formula is C15H25N3O2. The van der Waals surface area contributed by atoms with Crippen LogP contribution in [0, 0.1) is 6.92 Å². The number of hydrogen-bond acceptors (Lipinski definition) is 5. The smallest absolute Gasteiger partial charge is 0.316 e. The SMILES string of the molecule is Cc1nc(OC2CCOCC2)ncc1CNC(C)(C)C. The summed E-state index contributed by atoms with van der Waals surface area (Å²) < 4.78 is 11.1. The van der Waals surface area contributed by atoms with E-state index in [4.69, 9.17) is 9.47 Å². The van der Waals surface area contributed by atoms with Gasteiger partial charge in [0.15, 0.2) is 0 Å². The van der Waals surface area contributed by atoms with Crippen LogP contribution in [0.4, 0.5) is 0 Å². The number of ether oxygens (including phenoxy) is 2. The van der Waals surface area contributed by atoms with Gasteiger partial charge in [0.1, 0.15) is 6.10 Å². The molecule has 1 aliphatic heterocycles. The van der Waals surface area contributed by atoms with E-state index in [-0.39, 0.29) is 11.6 Å². The van der Waals surface area contributed by atoms with Gasteiger partial charge in [-0.1, -0.05) is 0 Å². The molecule has 0 amide bonds. The Labute approximate surface area is 121 Å². The quantitative estimate of drug-likeness (QED) is 0.916. The molecule has 0 saturated carbocycles. The number of nitrogens with one attached hydrogen (secondary N) is 1. The zero-order valence-electron chi connectivity index (χ0n) is 12.9. The van der Waals surface area contributed by atoms with Crippen molar-refractivity contribution in [3.63, 3.8) is 0 Å². The highest BCUT2D eigenvalue weighted by molar-refractivity contribution is 5.18. The molecule has 0 radical (unpaired) electrons. The molecule has 0 aliphatic carbocycles. The molecule has 2 heterocycles. The van der Waals surface area contributed by atoms with Gasteiger partial charge in [-0.25, -0.2) is 9.97 Å². The largest absolute Gasteiger partial charge is 0.460 e. The predicted molar refractivity (Wildman–Crippen MR) is 77.8 cm³/mol. The minimum Gasteiger partial charge on any atom is -0.460 e. The molecule has 0 spiro atoms. The summed E-state index contributed by atoms with van der Waals surface area (Å²) in [6.07, 6.45) is 3.86. The van der Waals surface area contributed by atoms with Crippen molar-refractivity contribution in [2.45, 2.75) is 58.7 Å². The summed E-state index contributed by atoms with van der Waals surface area (Å²) in [7, 11) is 0. The van der Waals surface area contributed by atoms with Crippen LogP contribution in [0.15, 0.2) is 6.20 Å². The number of rotatable bonds is 4. The second kappa shape index (κ2) is 6.50. The molecule has 5 nitrogen and oxygen atoms in total. The van der Waals surface area contributed by atoms with Gasteiger partial charge in [-0.05, 0) is 27.7 Å². The molecule has 1 saturated heterocycles. The van der Waals surface area contributed by atoms with Crippen LogP contribution in [-0.2, 0) is 11.3 Å². The first kappa shape index (κ1) is 15.2. The lowest BCUT2D eigenvalue weighted by Crippen LogP contribution is -2.35. The summed E-state index contributed by atoms with van der Waals surface area (Å²) in [5.41, 5.74) is 2.17. The molecule has 1 fully saturated rings. The van der Waals surface area contributed by atoms with Gasteiger partial charge in [0, 0.05) is 42.4 Å². The minimum absolute atomic E-state index is 0.0870. The molecule has 1 aromatic heterocycles. The van der Waals surface area contributed by atoms with Crippen LogP contribution in [0.1, 0.15) is 44.9 Å². The summed E-state index contributed by atoms with van der Waals surface area (Å²) in [5.74, 6) is 0. The molecular weight excluding hydrogens is 254 g/mol. The van der Waals surface area contributed by atoms with Gasteiger partial charge in [0.25, 0.3) is 0 Å². The van der Waals surface area contributed by atoms with Gasteiger partial charge in [-0.3, -0.25) is 0 Å². The average molecular weight is 279 g/mol. The highest BCUT2D eigenvalue weighted by atomic mass is 16.5. The second-order valence-corrected chi connectivity index (χ2v) is 6.30. The Morgan fingerprint density at radius 2 is 2.05 bits per heavy atom. The van der Waals surface area contributed by atoms with E-state index in [9.17, 15) is 0 Å². The summed E-state index contributed by atoms with van der Waals surface area (Å²) >= 11 is 0. The Bertz CT molecular complexity index is 437. The monoisotopic (exact) mass is 279 g/mol. The van der Waals surface area contributed by atoms with Gasteiger partial charge >= 0.3 is 6.01 Å². The lowest BCUT2D eigenvalue weighted by Gasteiger charge is -2.23. The minimum atomic E-state index is 0.0870.